The quantitative estimate of drug-likeness (QED) is 0.821. The largest absolute Gasteiger partial charge is 0.419 e. The fourth-order valence-electron chi connectivity index (χ4n) is 3.07. The van der Waals surface area contributed by atoms with Crippen LogP contribution in [0.25, 0.3) is 0 Å². The molecule has 2 aromatic rings. The number of aldehydes is 1. The summed E-state index contributed by atoms with van der Waals surface area (Å²) in [4.78, 5) is 18.8. The predicted octanol–water partition coefficient (Wildman–Crippen LogP) is 3.48. The van der Waals surface area contributed by atoms with E-state index in [-0.39, 0.29) is 17.5 Å². The van der Waals surface area contributed by atoms with Crippen molar-refractivity contribution in [3.05, 3.63) is 46.6 Å². The molecule has 0 bridgehead atoms. The number of nitrogen functional groups attached to an aromatic ring is 1. The summed E-state index contributed by atoms with van der Waals surface area (Å²) in [7, 11) is 0. The van der Waals surface area contributed by atoms with Gasteiger partial charge in [-0.05, 0) is 12.1 Å². The molecule has 26 heavy (non-hydrogen) atoms. The fourth-order valence-corrected chi connectivity index (χ4v) is 3.36. The number of anilines is 3. The van der Waals surface area contributed by atoms with Crippen LogP contribution in [-0.4, -0.2) is 37.4 Å². The first kappa shape index (κ1) is 18.3. The SMILES string of the molecule is Nc1cnc(N2CCN(c3cccc(C=O)c3C(F)(F)F)CC2)c(Cl)c1. The molecule has 2 heterocycles. The first-order chi connectivity index (χ1) is 12.3. The maximum atomic E-state index is 13.4. The Hall–Kier alpha value is -2.48. The number of hydrogen-bond acceptors (Lipinski definition) is 5. The van der Waals surface area contributed by atoms with Gasteiger partial charge in [-0.1, -0.05) is 23.7 Å². The van der Waals surface area contributed by atoms with Crippen LogP contribution in [0.1, 0.15) is 15.9 Å². The van der Waals surface area contributed by atoms with E-state index in [1.807, 2.05) is 4.90 Å². The van der Waals surface area contributed by atoms with E-state index in [2.05, 4.69) is 4.98 Å². The zero-order valence-corrected chi connectivity index (χ0v) is 14.4. The average molecular weight is 385 g/mol. The van der Waals surface area contributed by atoms with Crippen molar-refractivity contribution in [2.24, 2.45) is 0 Å². The zero-order valence-electron chi connectivity index (χ0n) is 13.6. The Kier molecular flexibility index (Phi) is 4.95. The van der Waals surface area contributed by atoms with Gasteiger partial charge in [-0.25, -0.2) is 4.98 Å². The van der Waals surface area contributed by atoms with E-state index >= 15 is 0 Å². The number of rotatable bonds is 3. The van der Waals surface area contributed by atoms with Gasteiger partial charge in [0.15, 0.2) is 6.29 Å². The third kappa shape index (κ3) is 3.55. The third-order valence-corrected chi connectivity index (χ3v) is 4.53. The average Bonchev–Trinajstić information content (AvgIpc) is 2.60. The van der Waals surface area contributed by atoms with Crippen molar-refractivity contribution in [2.45, 2.75) is 6.18 Å². The van der Waals surface area contributed by atoms with Crippen LogP contribution < -0.4 is 15.5 Å². The molecule has 0 aliphatic carbocycles. The number of halogens is 4. The lowest BCUT2D eigenvalue weighted by Gasteiger charge is -2.38. The molecule has 138 valence electrons. The van der Waals surface area contributed by atoms with Crippen molar-refractivity contribution in [3.8, 4) is 0 Å². The van der Waals surface area contributed by atoms with E-state index < -0.39 is 11.7 Å². The second-order valence-corrected chi connectivity index (χ2v) is 6.31. The molecule has 9 heteroatoms. The summed E-state index contributed by atoms with van der Waals surface area (Å²) >= 11 is 6.16. The zero-order chi connectivity index (χ0) is 18.9. The molecule has 1 saturated heterocycles. The van der Waals surface area contributed by atoms with E-state index in [4.69, 9.17) is 17.3 Å². The van der Waals surface area contributed by atoms with Crippen LogP contribution in [0.5, 0.6) is 0 Å². The Morgan fingerprint density at radius 1 is 1.15 bits per heavy atom. The lowest BCUT2D eigenvalue weighted by atomic mass is 10.0. The molecule has 0 atom stereocenters. The van der Waals surface area contributed by atoms with E-state index in [1.54, 1.807) is 11.0 Å². The summed E-state index contributed by atoms with van der Waals surface area (Å²) in [6, 6.07) is 5.61. The topological polar surface area (TPSA) is 62.5 Å². The standard InChI is InChI=1S/C17H16ClF3N4O/c18-13-8-12(22)9-23-16(13)25-6-4-24(5-7-25)14-3-1-2-11(10-26)15(14)17(19,20)21/h1-3,8-10H,4-7,22H2. The summed E-state index contributed by atoms with van der Waals surface area (Å²) in [5, 5.41) is 0.400. The maximum Gasteiger partial charge on any atom is 0.419 e. The molecule has 1 aliphatic rings. The number of piperazine rings is 1. The molecule has 3 rings (SSSR count). The van der Waals surface area contributed by atoms with Crippen molar-refractivity contribution in [3.63, 3.8) is 0 Å². The molecular weight excluding hydrogens is 369 g/mol. The van der Waals surface area contributed by atoms with Gasteiger partial charge in [-0.3, -0.25) is 4.79 Å². The summed E-state index contributed by atoms with van der Waals surface area (Å²) < 4.78 is 40.3. The number of carbonyl (C=O) groups excluding carboxylic acids is 1. The summed E-state index contributed by atoms with van der Waals surface area (Å²) in [6.45, 7) is 1.57. The summed E-state index contributed by atoms with van der Waals surface area (Å²) in [5.41, 5.74) is 4.83. The molecule has 1 fully saturated rings. The number of alkyl halides is 3. The highest BCUT2D eigenvalue weighted by molar-refractivity contribution is 6.33. The van der Waals surface area contributed by atoms with Crippen LogP contribution in [0.4, 0.5) is 30.4 Å². The van der Waals surface area contributed by atoms with E-state index in [9.17, 15) is 18.0 Å². The predicted molar refractivity (Wildman–Crippen MR) is 94.9 cm³/mol. The van der Waals surface area contributed by atoms with Gasteiger partial charge in [0.25, 0.3) is 0 Å². The van der Waals surface area contributed by atoms with Crippen molar-refractivity contribution in [2.75, 3.05) is 41.7 Å². The molecule has 0 amide bonds. The van der Waals surface area contributed by atoms with Gasteiger partial charge >= 0.3 is 6.18 Å². The van der Waals surface area contributed by atoms with Gasteiger partial charge in [0.1, 0.15) is 5.82 Å². The molecule has 0 unspecified atom stereocenters. The monoisotopic (exact) mass is 384 g/mol. The van der Waals surface area contributed by atoms with Crippen LogP contribution in [0.3, 0.4) is 0 Å². The maximum absolute atomic E-state index is 13.4. The van der Waals surface area contributed by atoms with Crippen LogP contribution in [0.2, 0.25) is 5.02 Å². The second kappa shape index (κ2) is 7.03. The van der Waals surface area contributed by atoms with E-state index in [1.165, 1.54) is 24.4 Å². The Morgan fingerprint density at radius 3 is 2.38 bits per heavy atom. The molecule has 1 aromatic heterocycles. The van der Waals surface area contributed by atoms with Crippen molar-refractivity contribution >= 4 is 35.1 Å². The van der Waals surface area contributed by atoms with Crippen LogP contribution in [-0.2, 0) is 6.18 Å². The Morgan fingerprint density at radius 2 is 1.81 bits per heavy atom. The van der Waals surface area contributed by atoms with Crippen LogP contribution in [0.15, 0.2) is 30.5 Å². The minimum atomic E-state index is -4.61. The molecule has 2 N–H and O–H groups in total. The Balaban J connectivity index is 1.83. The number of pyridine rings is 1. The molecule has 1 aromatic carbocycles. The molecule has 0 spiro atoms. The lowest BCUT2D eigenvalue weighted by Crippen LogP contribution is -2.47. The van der Waals surface area contributed by atoms with Crippen molar-refractivity contribution in [1.29, 1.82) is 0 Å². The molecule has 0 radical (unpaired) electrons. The van der Waals surface area contributed by atoms with Crippen molar-refractivity contribution in [1.82, 2.24) is 4.98 Å². The molecule has 5 nitrogen and oxygen atoms in total. The van der Waals surface area contributed by atoms with E-state index in [0.717, 1.165) is 0 Å². The highest BCUT2D eigenvalue weighted by atomic mass is 35.5. The van der Waals surface area contributed by atoms with Gasteiger partial charge in [0, 0.05) is 37.4 Å². The third-order valence-electron chi connectivity index (χ3n) is 4.25. The first-order valence-electron chi connectivity index (χ1n) is 7.87. The summed E-state index contributed by atoms with van der Waals surface area (Å²) in [5.74, 6) is 0.554. The van der Waals surface area contributed by atoms with E-state index in [0.29, 0.717) is 42.7 Å². The minimum Gasteiger partial charge on any atom is -0.397 e. The number of nitrogens with two attached hydrogens (primary N) is 1. The second-order valence-electron chi connectivity index (χ2n) is 5.91. The van der Waals surface area contributed by atoms with Crippen LogP contribution in [0, 0.1) is 0 Å². The number of benzene rings is 1. The smallest absolute Gasteiger partial charge is 0.397 e. The molecule has 1 aliphatic heterocycles. The highest BCUT2D eigenvalue weighted by Crippen LogP contribution is 2.39. The number of nitrogens with zero attached hydrogens (tertiary/aromatic N) is 3. The number of aromatic nitrogens is 1. The Bertz CT molecular complexity index is 820. The normalized spacial score (nSPS) is 15.2. The van der Waals surface area contributed by atoms with Crippen LogP contribution >= 0.6 is 11.6 Å². The minimum absolute atomic E-state index is 0.0121. The number of carbonyl (C=O) groups is 1. The van der Waals surface area contributed by atoms with Crippen molar-refractivity contribution < 1.29 is 18.0 Å². The van der Waals surface area contributed by atoms with Gasteiger partial charge in [-0.15, -0.1) is 0 Å². The lowest BCUT2D eigenvalue weighted by molar-refractivity contribution is -0.137. The Labute approximate surface area is 153 Å². The van der Waals surface area contributed by atoms with Gasteiger partial charge < -0.3 is 15.5 Å². The fraction of sp³-hybridized carbons (Fsp3) is 0.294. The molecular formula is C17H16ClF3N4O. The first-order valence-corrected chi connectivity index (χ1v) is 8.25. The highest BCUT2D eigenvalue weighted by Gasteiger charge is 2.38. The van der Waals surface area contributed by atoms with Gasteiger partial charge in [-0.2, -0.15) is 13.2 Å². The summed E-state index contributed by atoms with van der Waals surface area (Å²) in [6.07, 6.45) is -2.88. The number of hydrogen-bond donors (Lipinski definition) is 1. The van der Waals surface area contributed by atoms with Gasteiger partial charge in [0.2, 0.25) is 0 Å². The van der Waals surface area contributed by atoms with Gasteiger partial charge in [0.05, 0.1) is 22.5 Å². The molecule has 0 saturated carbocycles.